The van der Waals surface area contributed by atoms with Gasteiger partial charge in [0.05, 0.1) is 28.1 Å². The lowest BCUT2D eigenvalue weighted by Gasteiger charge is -2.34. The molecule has 4 heterocycles. The molecule has 0 spiro atoms. The predicted molar refractivity (Wildman–Crippen MR) is 169 cm³/mol. The Kier molecular flexibility index (Phi) is 5.28. The molecule has 4 aromatic carbocycles. The van der Waals surface area contributed by atoms with Gasteiger partial charge < -0.3 is 4.90 Å². The third kappa shape index (κ3) is 3.60. The number of aromatic nitrogens is 3. The summed E-state index contributed by atoms with van der Waals surface area (Å²) in [4.78, 5) is 16.1. The summed E-state index contributed by atoms with van der Waals surface area (Å²) in [5, 5.41) is 2.46. The Hall–Kier alpha value is -5.55. The maximum Gasteiger partial charge on any atom is 0.138 e. The summed E-state index contributed by atoms with van der Waals surface area (Å²) in [6.07, 6.45) is 3.64. The molecule has 0 N–H and O–H groups in total. The van der Waals surface area contributed by atoms with Crippen LogP contribution in [0.4, 0.5) is 17.1 Å². The topological polar surface area (TPSA) is 46.3 Å². The van der Waals surface area contributed by atoms with Gasteiger partial charge in [-0.1, -0.05) is 60.7 Å². The highest BCUT2D eigenvalue weighted by molar-refractivity contribution is 6.13. The molecular weight excluding hydrogens is 502 g/mol. The number of hydrogen-bond acceptors (Lipinski definition) is 4. The molecule has 3 aromatic heterocycles. The van der Waals surface area contributed by atoms with Crippen LogP contribution in [0.1, 0.15) is 5.56 Å². The molecule has 194 valence electrons. The van der Waals surface area contributed by atoms with Crippen LogP contribution in [0.15, 0.2) is 133 Å². The number of hydrogen-bond donors (Lipinski definition) is 0. The summed E-state index contributed by atoms with van der Waals surface area (Å²) in [5.41, 5.74) is 11.0. The molecule has 0 saturated heterocycles. The van der Waals surface area contributed by atoms with Gasteiger partial charge in [-0.15, -0.1) is 0 Å². The van der Waals surface area contributed by atoms with Gasteiger partial charge in [-0.05, 0) is 72.4 Å². The zero-order valence-electron chi connectivity index (χ0n) is 22.3. The molecular formula is C36H25N5. The smallest absolute Gasteiger partial charge is 0.138 e. The molecule has 0 saturated carbocycles. The van der Waals surface area contributed by atoms with Crippen LogP contribution in [0.25, 0.3) is 50.0 Å². The van der Waals surface area contributed by atoms with Crippen molar-refractivity contribution in [2.45, 2.75) is 6.54 Å². The van der Waals surface area contributed by atoms with Crippen molar-refractivity contribution in [2.24, 2.45) is 4.99 Å². The summed E-state index contributed by atoms with van der Waals surface area (Å²) >= 11 is 0. The minimum absolute atomic E-state index is 0.716. The number of rotatable bonds is 4. The molecule has 1 aliphatic rings. The van der Waals surface area contributed by atoms with Crippen LogP contribution in [0.5, 0.6) is 0 Å². The van der Waals surface area contributed by atoms with Gasteiger partial charge in [0, 0.05) is 46.5 Å². The number of aliphatic imine (C=N–C) groups is 1. The van der Waals surface area contributed by atoms with Crippen molar-refractivity contribution in [1.82, 2.24) is 14.5 Å². The van der Waals surface area contributed by atoms with E-state index in [1.807, 2.05) is 36.5 Å². The Balaban J connectivity index is 1.41. The van der Waals surface area contributed by atoms with E-state index in [-0.39, 0.29) is 0 Å². The first kappa shape index (κ1) is 23.3. The van der Waals surface area contributed by atoms with Crippen molar-refractivity contribution >= 4 is 45.6 Å². The first-order valence-corrected chi connectivity index (χ1v) is 13.7. The predicted octanol–water partition coefficient (Wildman–Crippen LogP) is 8.89. The third-order valence-corrected chi connectivity index (χ3v) is 8.01. The fraction of sp³-hybridized carbons (Fsp3) is 0.0278. The van der Waals surface area contributed by atoms with Crippen molar-refractivity contribution in [1.29, 1.82) is 0 Å². The van der Waals surface area contributed by atoms with Gasteiger partial charge in [0.2, 0.25) is 0 Å². The number of anilines is 2. The number of benzene rings is 4. The number of para-hydroxylation sites is 4. The molecule has 0 atom stereocenters. The molecule has 41 heavy (non-hydrogen) atoms. The van der Waals surface area contributed by atoms with Gasteiger partial charge in [0.25, 0.3) is 0 Å². The fourth-order valence-corrected chi connectivity index (χ4v) is 6.24. The van der Waals surface area contributed by atoms with E-state index >= 15 is 0 Å². The second-order valence-corrected chi connectivity index (χ2v) is 10.2. The molecule has 8 rings (SSSR count). The molecule has 0 amide bonds. The van der Waals surface area contributed by atoms with Crippen LogP contribution in [-0.2, 0) is 6.54 Å². The Labute approximate surface area is 237 Å². The first-order valence-electron chi connectivity index (χ1n) is 13.7. The quantitative estimate of drug-likeness (QED) is 0.215. The fourth-order valence-electron chi connectivity index (χ4n) is 6.24. The summed E-state index contributed by atoms with van der Waals surface area (Å²) in [7, 11) is 0. The van der Waals surface area contributed by atoms with Gasteiger partial charge in [-0.2, -0.15) is 0 Å². The highest BCUT2D eigenvalue weighted by atomic mass is 15.2. The summed E-state index contributed by atoms with van der Waals surface area (Å²) in [6.45, 7) is 4.57. The Bertz CT molecular complexity index is 2110. The van der Waals surface area contributed by atoms with Crippen molar-refractivity contribution in [3.05, 3.63) is 133 Å². The molecule has 0 fully saturated rings. The zero-order chi connectivity index (χ0) is 27.3. The van der Waals surface area contributed by atoms with E-state index in [2.05, 4.69) is 111 Å². The van der Waals surface area contributed by atoms with Gasteiger partial charge in [0.1, 0.15) is 5.82 Å². The standard InChI is InChI=1S/C36H25N5/c1-37-30-13-4-7-17-33(30)40-23-28-25(26-11-2-5-15-31(26)40)19-20-34-36(28)27-12-3-6-16-32(27)41(34)35-18-8-14-29(39-35)24-10-9-21-38-22-24/h2-22H,1,23H2. The average Bonchev–Trinajstić information content (AvgIpc) is 3.39. The maximum absolute atomic E-state index is 5.11. The summed E-state index contributed by atoms with van der Waals surface area (Å²) in [5.74, 6) is 0.881. The lowest BCUT2D eigenvalue weighted by atomic mass is 9.90. The minimum atomic E-state index is 0.716. The van der Waals surface area contributed by atoms with Crippen LogP contribution >= 0.6 is 0 Å². The van der Waals surface area contributed by atoms with E-state index < -0.39 is 0 Å². The van der Waals surface area contributed by atoms with E-state index in [0.29, 0.717) is 6.54 Å². The maximum atomic E-state index is 5.11. The Morgan fingerprint density at radius 3 is 2.39 bits per heavy atom. The van der Waals surface area contributed by atoms with Crippen LogP contribution in [0, 0.1) is 0 Å². The lowest BCUT2D eigenvalue weighted by molar-refractivity contribution is 0.970. The molecule has 5 nitrogen and oxygen atoms in total. The van der Waals surface area contributed by atoms with Gasteiger partial charge in [0.15, 0.2) is 0 Å². The first-order chi connectivity index (χ1) is 20.3. The van der Waals surface area contributed by atoms with Crippen LogP contribution < -0.4 is 4.90 Å². The molecule has 5 heteroatoms. The largest absolute Gasteiger partial charge is 0.335 e. The number of nitrogens with zero attached hydrogens (tertiary/aromatic N) is 5. The van der Waals surface area contributed by atoms with Crippen molar-refractivity contribution < 1.29 is 0 Å². The SMILES string of the molecule is C=Nc1ccccc1N1Cc2c(ccc3c2c2ccccc2n3-c2cccc(-c3cccnc3)n2)-c2ccccc21. The zero-order valence-corrected chi connectivity index (χ0v) is 22.3. The second kappa shape index (κ2) is 9.28. The highest BCUT2D eigenvalue weighted by Gasteiger charge is 2.28. The van der Waals surface area contributed by atoms with Crippen LogP contribution in [0.2, 0.25) is 0 Å². The minimum Gasteiger partial charge on any atom is -0.335 e. The molecule has 0 radical (unpaired) electrons. The third-order valence-electron chi connectivity index (χ3n) is 8.01. The van der Waals surface area contributed by atoms with Crippen LogP contribution in [-0.4, -0.2) is 21.3 Å². The highest BCUT2D eigenvalue weighted by Crippen LogP contribution is 2.48. The van der Waals surface area contributed by atoms with E-state index in [0.717, 1.165) is 39.5 Å². The van der Waals surface area contributed by atoms with Gasteiger partial charge in [-0.3, -0.25) is 14.5 Å². The van der Waals surface area contributed by atoms with E-state index in [1.165, 1.54) is 33.2 Å². The Morgan fingerprint density at radius 1 is 0.683 bits per heavy atom. The average molecular weight is 528 g/mol. The monoisotopic (exact) mass is 527 g/mol. The Morgan fingerprint density at radius 2 is 1.51 bits per heavy atom. The van der Waals surface area contributed by atoms with E-state index in [1.54, 1.807) is 6.20 Å². The lowest BCUT2D eigenvalue weighted by Crippen LogP contribution is -2.21. The van der Waals surface area contributed by atoms with Gasteiger partial charge in [-0.25, -0.2) is 4.98 Å². The van der Waals surface area contributed by atoms with Crippen molar-refractivity contribution in [3.63, 3.8) is 0 Å². The number of fused-ring (bicyclic) bond motifs is 7. The van der Waals surface area contributed by atoms with Crippen molar-refractivity contribution in [2.75, 3.05) is 4.90 Å². The normalized spacial score (nSPS) is 12.3. The second-order valence-electron chi connectivity index (χ2n) is 10.2. The molecule has 1 aliphatic heterocycles. The van der Waals surface area contributed by atoms with E-state index in [4.69, 9.17) is 4.98 Å². The molecule has 0 bridgehead atoms. The molecule has 0 aliphatic carbocycles. The molecule has 0 unspecified atom stereocenters. The van der Waals surface area contributed by atoms with Gasteiger partial charge >= 0.3 is 0 Å². The molecule has 7 aromatic rings. The summed E-state index contributed by atoms with van der Waals surface area (Å²) in [6, 6.07) is 40.2. The van der Waals surface area contributed by atoms with Crippen molar-refractivity contribution in [3.8, 4) is 28.2 Å². The number of pyridine rings is 2. The van der Waals surface area contributed by atoms with E-state index in [9.17, 15) is 0 Å². The summed E-state index contributed by atoms with van der Waals surface area (Å²) < 4.78 is 2.29. The van der Waals surface area contributed by atoms with Crippen LogP contribution in [0.3, 0.4) is 0 Å².